The molecule has 1 unspecified atom stereocenters. The first-order valence-corrected chi connectivity index (χ1v) is 5.59. The molecule has 6 heteroatoms. The highest BCUT2D eigenvalue weighted by Crippen LogP contribution is 2.24. The van der Waals surface area contributed by atoms with Gasteiger partial charge in [-0.25, -0.2) is 4.98 Å². The zero-order valence-corrected chi connectivity index (χ0v) is 10.00. The van der Waals surface area contributed by atoms with E-state index in [-0.39, 0.29) is 31.4 Å². The minimum atomic E-state index is -0.429. The second-order valence-electron chi connectivity index (χ2n) is 4.11. The van der Waals surface area contributed by atoms with Crippen LogP contribution in [0.15, 0.2) is 18.3 Å². The van der Waals surface area contributed by atoms with Crippen LogP contribution in [0, 0.1) is 5.92 Å². The normalized spacial score (nSPS) is 19.1. The highest BCUT2D eigenvalue weighted by molar-refractivity contribution is 5.98. The number of anilines is 1. The monoisotopic (exact) mass is 250 g/mol. The van der Waals surface area contributed by atoms with Gasteiger partial charge in [-0.05, 0) is 11.6 Å². The number of nitrogens with zero attached hydrogens (tertiary/aromatic N) is 2. The van der Waals surface area contributed by atoms with Crippen LogP contribution >= 0.6 is 0 Å². The molecule has 0 saturated carbocycles. The Balaban J connectivity index is 2.13. The van der Waals surface area contributed by atoms with Crippen molar-refractivity contribution in [3.8, 4) is 0 Å². The van der Waals surface area contributed by atoms with Crippen LogP contribution < -0.4 is 4.90 Å². The van der Waals surface area contributed by atoms with Crippen molar-refractivity contribution >= 4 is 17.7 Å². The molecule has 2 heterocycles. The van der Waals surface area contributed by atoms with Crippen molar-refractivity contribution in [3.63, 3.8) is 0 Å². The summed E-state index contributed by atoms with van der Waals surface area (Å²) >= 11 is 0. The molecule has 0 aromatic carbocycles. The summed E-state index contributed by atoms with van der Waals surface area (Å²) in [5.41, 5.74) is 0.676. The summed E-state index contributed by atoms with van der Waals surface area (Å²) in [6, 6.07) is 3.35. The molecule has 2 rings (SSSR count). The molecule has 1 aromatic rings. The number of aliphatic hydroxyl groups excluding tert-OH is 1. The summed E-state index contributed by atoms with van der Waals surface area (Å²) < 4.78 is 4.63. The van der Waals surface area contributed by atoms with E-state index in [1.165, 1.54) is 18.2 Å². The number of aliphatic hydroxyl groups is 1. The van der Waals surface area contributed by atoms with Crippen molar-refractivity contribution in [2.75, 3.05) is 18.6 Å². The number of ether oxygens (including phenoxy) is 1. The van der Waals surface area contributed by atoms with E-state index >= 15 is 0 Å². The van der Waals surface area contributed by atoms with Gasteiger partial charge in [0.05, 0.1) is 19.6 Å². The lowest BCUT2D eigenvalue weighted by Crippen LogP contribution is -2.27. The fourth-order valence-corrected chi connectivity index (χ4v) is 1.92. The molecule has 1 aromatic heterocycles. The Morgan fingerprint density at radius 2 is 2.39 bits per heavy atom. The van der Waals surface area contributed by atoms with Gasteiger partial charge in [-0.3, -0.25) is 14.5 Å². The second kappa shape index (κ2) is 5.14. The minimum Gasteiger partial charge on any atom is -0.469 e. The van der Waals surface area contributed by atoms with Crippen molar-refractivity contribution in [2.24, 2.45) is 5.92 Å². The van der Waals surface area contributed by atoms with Crippen molar-refractivity contribution < 1.29 is 19.4 Å². The maximum absolute atomic E-state index is 11.8. The molecule has 1 N–H and O–H groups in total. The quantitative estimate of drug-likeness (QED) is 0.770. The lowest BCUT2D eigenvalue weighted by molar-refractivity contribution is -0.145. The number of hydrogen-bond donors (Lipinski definition) is 1. The molecule has 0 bridgehead atoms. The fraction of sp³-hybridized carbons (Fsp3) is 0.417. The van der Waals surface area contributed by atoms with Gasteiger partial charge < -0.3 is 9.84 Å². The van der Waals surface area contributed by atoms with Gasteiger partial charge in [0.1, 0.15) is 5.82 Å². The zero-order chi connectivity index (χ0) is 13.1. The number of aromatic nitrogens is 1. The topological polar surface area (TPSA) is 79.7 Å². The van der Waals surface area contributed by atoms with Crippen molar-refractivity contribution in [3.05, 3.63) is 23.9 Å². The summed E-state index contributed by atoms with van der Waals surface area (Å²) in [6.07, 6.45) is 1.66. The SMILES string of the molecule is COC(=O)C1CC(=O)N(c2ccc(CO)cn2)C1. The fourth-order valence-electron chi connectivity index (χ4n) is 1.92. The first-order chi connectivity index (χ1) is 8.65. The van der Waals surface area contributed by atoms with E-state index in [0.29, 0.717) is 11.4 Å². The summed E-state index contributed by atoms with van der Waals surface area (Å²) in [5, 5.41) is 8.91. The third-order valence-corrected chi connectivity index (χ3v) is 2.93. The summed E-state index contributed by atoms with van der Waals surface area (Å²) in [7, 11) is 1.31. The Labute approximate surface area is 104 Å². The maximum atomic E-state index is 11.8. The van der Waals surface area contributed by atoms with E-state index in [4.69, 9.17) is 5.11 Å². The van der Waals surface area contributed by atoms with Gasteiger partial charge in [0.25, 0.3) is 0 Å². The Bertz CT molecular complexity index is 458. The average molecular weight is 250 g/mol. The molecule has 18 heavy (non-hydrogen) atoms. The molecule has 0 aliphatic carbocycles. The van der Waals surface area contributed by atoms with E-state index in [1.807, 2.05) is 0 Å². The smallest absolute Gasteiger partial charge is 0.311 e. The molecule has 1 aliphatic rings. The standard InChI is InChI=1S/C12H14N2O4/c1-18-12(17)9-4-11(16)14(6-9)10-3-2-8(7-15)5-13-10/h2-3,5,9,15H,4,6-7H2,1H3. The molecule has 1 aliphatic heterocycles. The lowest BCUT2D eigenvalue weighted by Gasteiger charge is -2.15. The predicted molar refractivity (Wildman–Crippen MR) is 62.6 cm³/mol. The van der Waals surface area contributed by atoms with Crippen LogP contribution in [0.1, 0.15) is 12.0 Å². The number of esters is 1. The van der Waals surface area contributed by atoms with E-state index in [1.54, 1.807) is 12.1 Å². The van der Waals surface area contributed by atoms with Gasteiger partial charge in [-0.1, -0.05) is 6.07 Å². The summed E-state index contributed by atoms with van der Waals surface area (Å²) in [4.78, 5) is 28.7. The van der Waals surface area contributed by atoms with E-state index in [0.717, 1.165) is 0 Å². The summed E-state index contributed by atoms with van der Waals surface area (Å²) in [6.45, 7) is 0.197. The molecule has 0 spiro atoms. The van der Waals surface area contributed by atoms with Gasteiger partial charge in [0.2, 0.25) is 5.91 Å². The largest absolute Gasteiger partial charge is 0.469 e. The first kappa shape index (κ1) is 12.5. The molecule has 1 amide bonds. The van der Waals surface area contributed by atoms with Gasteiger partial charge in [-0.2, -0.15) is 0 Å². The highest BCUT2D eigenvalue weighted by Gasteiger charge is 2.36. The summed E-state index contributed by atoms with van der Waals surface area (Å²) in [5.74, 6) is -0.460. The molecular weight excluding hydrogens is 236 g/mol. The average Bonchev–Trinajstić information content (AvgIpc) is 2.80. The molecule has 6 nitrogen and oxygen atoms in total. The number of pyridine rings is 1. The van der Waals surface area contributed by atoms with Crippen LogP contribution in [0.4, 0.5) is 5.82 Å². The van der Waals surface area contributed by atoms with Gasteiger partial charge in [0, 0.05) is 19.2 Å². The predicted octanol–water partition coefficient (Wildman–Crippen LogP) is 0.0998. The van der Waals surface area contributed by atoms with Gasteiger partial charge in [-0.15, -0.1) is 0 Å². The third kappa shape index (κ3) is 2.33. The van der Waals surface area contributed by atoms with Crippen molar-refractivity contribution in [2.45, 2.75) is 13.0 Å². The lowest BCUT2D eigenvalue weighted by atomic mass is 10.1. The van der Waals surface area contributed by atoms with Crippen LogP contribution in [-0.4, -0.2) is 35.6 Å². The molecule has 1 saturated heterocycles. The van der Waals surface area contributed by atoms with E-state index in [2.05, 4.69) is 9.72 Å². The zero-order valence-electron chi connectivity index (χ0n) is 10.00. The second-order valence-corrected chi connectivity index (χ2v) is 4.11. The van der Waals surface area contributed by atoms with Gasteiger partial charge >= 0.3 is 5.97 Å². The molecule has 96 valence electrons. The Morgan fingerprint density at radius 3 is 2.94 bits per heavy atom. The number of carbonyl (C=O) groups excluding carboxylic acids is 2. The Hall–Kier alpha value is -1.95. The molecule has 0 radical (unpaired) electrons. The van der Waals surface area contributed by atoms with Crippen LogP contribution in [0.5, 0.6) is 0 Å². The molecule has 1 fully saturated rings. The Kier molecular flexibility index (Phi) is 3.57. The number of amides is 1. The van der Waals surface area contributed by atoms with Crippen molar-refractivity contribution in [1.29, 1.82) is 0 Å². The number of rotatable bonds is 3. The number of methoxy groups -OCH3 is 1. The minimum absolute atomic E-state index is 0.0913. The first-order valence-electron chi connectivity index (χ1n) is 5.59. The van der Waals surface area contributed by atoms with Crippen LogP contribution in [0.3, 0.4) is 0 Å². The van der Waals surface area contributed by atoms with Crippen LogP contribution in [0.25, 0.3) is 0 Å². The van der Waals surface area contributed by atoms with Crippen molar-refractivity contribution in [1.82, 2.24) is 4.98 Å². The molecular formula is C12H14N2O4. The van der Waals surface area contributed by atoms with E-state index in [9.17, 15) is 9.59 Å². The van der Waals surface area contributed by atoms with Crippen LogP contribution in [-0.2, 0) is 20.9 Å². The van der Waals surface area contributed by atoms with Crippen LogP contribution in [0.2, 0.25) is 0 Å². The molecule has 1 atom stereocenters. The van der Waals surface area contributed by atoms with E-state index < -0.39 is 5.92 Å². The number of carbonyl (C=O) groups is 2. The Morgan fingerprint density at radius 1 is 1.61 bits per heavy atom. The highest BCUT2D eigenvalue weighted by atomic mass is 16.5. The third-order valence-electron chi connectivity index (χ3n) is 2.93. The van der Waals surface area contributed by atoms with Gasteiger partial charge in [0.15, 0.2) is 0 Å². The number of hydrogen-bond acceptors (Lipinski definition) is 5. The maximum Gasteiger partial charge on any atom is 0.311 e.